The van der Waals surface area contributed by atoms with E-state index in [0.717, 1.165) is 16.7 Å². The largest absolute Gasteiger partial charge is 0.508 e. The van der Waals surface area contributed by atoms with E-state index in [0.29, 0.717) is 25.8 Å². The van der Waals surface area contributed by atoms with Crippen molar-refractivity contribution < 1.29 is 50.4 Å². The highest BCUT2D eigenvalue weighted by molar-refractivity contribution is 5.74. The highest BCUT2D eigenvalue weighted by atomic mass is 16.5. The van der Waals surface area contributed by atoms with Crippen molar-refractivity contribution in [3.63, 3.8) is 0 Å². The molecule has 1 heterocycles. The second-order valence-electron chi connectivity index (χ2n) is 9.88. The van der Waals surface area contributed by atoms with Crippen LogP contribution in [0, 0.1) is 0 Å². The Morgan fingerprint density at radius 1 is 0.846 bits per heavy atom. The molecule has 5 atom stereocenters. The standard InChI is InChI=1S/C27H38N2O10/c30-12-21-22(35)23(36)24(37)25(39-21)19-11-18(7-8-20(19)34)10-17-5-3-16(4-6-17)2-1-9-28-26(38)29-27(13-31,14-32)15-33/h3-8,11,21-25,30-37H,1-2,9-10,12-15H2,(H2,28,29,38)/t21-,22-,23+,24-,25+/m1/s1. The second kappa shape index (κ2) is 14.0. The molecule has 2 amide bonds. The van der Waals surface area contributed by atoms with E-state index in [1.807, 2.05) is 24.3 Å². The summed E-state index contributed by atoms with van der Waals surface area (Å²) in [5.41, 5.74) is 1.60. The quantitative estimate of drug-likeness (QED) is 0.137. The lowest BCUT2D eigenvalue weighted by Crippen LogP contribution is -2.59. The van der Waals surface area contributed by atoms with Crippen molar-refractivity contribution in [3.8, 4) is 5.75 Å². The summed E-state index contributed by atoms with van der Waals surface area (Å²) in [5.74, 6) is -0.143. The van der Waals surface area contributed by atoms with Crippen LogP contribution in [0.15, 0.2) is 42.5 Å². The van der Waals surface area contributed by atoms with Crippen molar-refractivity contribution in [3.05, 3.63) is 64.7 Å². The Labute approximate surface area is 226 Å². The van der Waals surface area contributed by atoms with Gasteiger partial charge in [0, 0.05) is 12.1 Å². The van der Waals surface area contributed by atoms with Gasteiger partial charge in [0.1, 0.15) is 41.8 Å². The monoisotopic (exact) mass is 550 g/mol. The highest BCUT2D eigenvalue weighted by Gasteiger charge is 2.44. The van der Waals surface area contributed by atoms with Crippen LogP contribution >= 0.6 is 0 Å². The van der Waals surface area contributed by atoms with Crippen LogP contribution in [0.3, 0.4) is 0 Å². The number of rotatable bonds is 12. The third-order valence-corrected chi connectivity index (χ3v) is 6.94. The number of ether oxygens (including phenoxy) is 1. The average molecular weight is 551 g/mol. The number of benzene rings is 2. The summed E-state index contributed by atoms with van der Waals surface area (Å²) in [4.78, 5) is 12.0. The summed E-state index contributed by atoms with van der Waals surface area (Å²) in [7, 11) is 0. The molecule has 216 valence electrons. The van der Waals surface area contributed by atoms with Crippen molar-refractivity contribution in [1.29, 1.82) is 0 Å². The predicted molar refractivity (Wildman–Crippen MR) is 139 cm³/mol. The van der Waals surface area contributed by atoms with Crippen molar-refractivity contribution in [2.75, 3.05) is 33.0 Å². The molecule has 12 heteroatoms. The van der Waals surface area contributed by atoms with Gasteiger partial charge in [-0.1, -0.05) is 30.3 Å². The molecular formula is C27H38N2O10. The van der Waals surface area contributed by atoms with E-state index in [9.17, 15) is 45.6 Å². The van der Waals surface area contributed by atoms with E-state index in [4.69, 9.17) is 4.74 Å². The zero-order chi connectivity index (χ0) is 28.6. The fourth-order valence-electron chi connectivity index (χ4n) is 4.41. The second-order valence-corrected chi connectivity index (χ2v) is 9.88. The number of aryl methyl sites for hydroxylation is 1. The Morgan fingerprint density at radius 3 is 2.08 bits per heavy atom. The van der Waals surface area contributed by atoms with Gasteiger partial charge >= 0.3 is 6.03 Å². The molecular weight excluding hydrogens is 512 g/mol. The lowest BCUT2D eigenvalue weighted by atomic mass is 9.89. The number of nitrogens with one attached hydrogen (secondary N) is 2. The van der Waals surface area contributed by atoms with E-state index in [1.165, 1.54) is 6.07 Å². The number of aromatic hydroxyl groups is 1. The number of hydrogen-bond donors (Lipinski definition) is 10. The van der Waals surface area contributed by atoms with Crippen LogP contribution in [0.1, 0.15) is 34.8 Å². The van der Waals surface area contributed by atoms with Crippen LogP contribution in [0.2, 0.25) is 0 Å². The topological polar surface area (TPSA) is 212 Å². The Kier molecular flexibility index (Phi) is 11.0. The molecule has 0 saturated carbocycles. The maximum absolute atomic E-state index is 12.0. The first-order valence-corrected chi connectivity index (χ1v) is 12.8. The van der Waals surface area contributed by atoms with Gasteiger partial charge in [-0.15, -0.1) is 0 Å². The van der Waals surface area contributed by atoms with E-state index >= 15 is 0 Å². The molecule has 1 saturated heterocycles. The molecule has 39 heavy (non-hydrogen) atoms. The number of amides is 2. The first kappa shape index (κ1) is 30.7. The number of urea groups is 1. The number of hydrogen-bond acceptors (Lipinski definition) is 10. The summed E-state index contributed by atoms with van der Waals surface area (Å²) in [6, 6.07) is 12.1. The van der Waals surface area contributed by atoms with Gasteiger partial charge in [-0.25, -0.2) is 4.79 Å². The predicted octanol–water partition coefficient (Wildman–Crippen LogP) is -1.55. The van der Waals surface area contributed by atoms with Crippen LogP contribution in [-0.2, 0) is 17.6 Å². The maximum Gasteiger partial charge on any atom is 0.315 e. The van der Waals surface area contributed by atoms with Gasteiger partial charge in [-0.05, 0) is 48.1 Å². The summed E-state index contributed by atoms with van der Waals surface area (Å²) in [5, 5.41) is 83.2. The number of aliphatic hydroxyl groups is 7. The van der Waals surface area contributed by atoms with Crippen molar-refractivity contribution in [2.45, 2.75) is 55.3 Å². The highest BCUT2D eigenvalue weighted by Crippen LogP contribution is 2.37. The molecule has 2 aromatic rings. The summed E-state index contributed by atoms with van der Waals surface area (Å²) in [6.07, 6.45) is -4.91. The van der Waals surface area contributed by atoms with Crippen LogP contribution in [0.5, 0.6) is 5.75 Å². The maximum atomic E-state index is 12.0. The molecule has 10 N–H and O–H groups in total. The zero-order valence-corrected chi connectivity index (χ0v) is 21.5. The minimum Gasteiger partial charge on any atom is -0.508 e. The van der Waals surface area contributed by atoms with Crippen molar-refractivity contribution >= 4 is 6.03 Å². The minimum absolute atomic E-state index is 0.143. The summed E-state index contributed by atoms with van der Waals surface area (Å²) in [6.45, 7) is -2.01. The van der Waals surface area contributed by atoms with E-state index in [-0.39, 0.29) is 11.3 Å². The Balaban J connectivity index is 1.55. The number of carbonyl (C=O) groups is 1. The number of carbonyl (C=O) groups excluding carboxylic acids is 1. The van der Waals surface area contributed by atoms with Gasteiger partial charge in [0.25, 0.3) is 0 Å². The first-order valence-electron chi connectivity index (χ1n) is 12.8. The van der Waals surface area contributed by atoms with Gasteiger partial charge in [0.05, 0.1) is 26.4 Å². The van der Waals surface area contributed by atoms with Crippen molar-refractivity contribution in [2.24, 2.45) is 0 Å². The van der Waals surface area contributed by atoms with Gasteiger partial charge < -0.3 is 56.2 Å². The fourth-order valence-corrected chi connectivity index (χ4v) is 4.41. The van der Waals surface area contributed by atoms with Gasteiger partial charge in [-0.3, -0.25) is 0 Å². The lowest BCUT2D eigenvalue weighted by Gasteiger charge is -2.40. The third-order valence-electron chi connectivity index (χ3n) is 6.94. The van der Waals surface area contributed by atoms with Crippen LogP contribution in [-0.4, -0.2) is 110 Å². The number of phenolic OH excluding ortho intramolecular Hbond substituents is 1. The van der Waals surface area contributed by atoms with Crippen LogP contribution in [0.25, 0.3) is 0 Å². The summed E-state index contributed by atoms with van der Waals surface area (Å²) < 4.78 is 5.59. The molecule has 0 unspecified atom stereocenters. The number of phenols is 1. The minimum atomic E-state index is -1.55. The van der Waals surface area contributed by atoms with E-state index < -0.39 is 68.5 Å². The molecule has 1 aliphatic heterocycles. The molecule has 12 nitrogen and oxygen atoms in total. The molecule has 0 radical (unpaired) electrons. The molecule has 0 spiro atoms. The van der Waals surface area contributed by atoms with E-state index in [1.54, 1.807) is 12.1 Å². The van der Waals surface area contributed by atoms with Gasteiger partial charge in [0.15, 0.2) is 0 Å². The van der Waals surface area contributed by atoms with Crippen LogP contribution < -0.4 is 10.6 Å². The normalized spacial score (nSPS) is 23.4. The van der Waals surface area contributed by atoms with E-state index in [2.05, 4.69) is 10.6 Å². The zero-order valence-electron chi connectivity index (χ0n) is 21.5. The first-order chi connectivity index (χ1) is 18.7. The molecule has 0 aliphatic carbocycles. The van der Waals surface area contributed by atoms with Gasteiger partial charge in [0.2, 0.25) is 0 Å². The summed E-state index contributed by atoms with van der Waals surface area (Å²) >= 11 is 0. The molecule has 2 aromatic carbocycles. The third kappa shape index (κ3) is 7.65. The Morgan fingerprint density at radius 2 is 1.46 bits per heavy atom. The Hall–Kier alpha value is -2.81. The molecule has 0 aromatic heterocycles. The van der Waals surface area contributed by atoms with Crippen LogP contribution in [0.4, 0.5) is 4.79 Å². The molecule has 0 bridgehead atoms. The molecule has 1 fully saturated rings. The SMILES string of the molecule is O=C(NCCCc1ccc(Cc2ccc(O)c([C@@H]3O[C@H](CO)[C@@H](O)[C@H](O)[C@H]3O)c2)cc1)NC(CO)(CO)CO. The van der Waals surface area contributed by atoms with Gasteiger partial charge in [-0.2, -0.15) is 0 Å². The Bertz CT molecular complexity index is 1050. The number of aliphatic hydroxyl groups excluding tert-OH is 7. The van der Waals surface area contributed by atoms with Crippen molar-refractivity contribution in [1.82, 2.24) is 10.6 Å². The lowest BCUT2D eigenvalue weighted by molar-refractivity contribution is -0.232. The fraction of sp³-hybridized carbons (Fsp3) is 0.519. The smallest absolute Gasteiger partial charge is 0.315 e. The molecule has 3 rings (SSSR count). The average Bonchev–Trinajstić information content (AvgIpc) is 2.95. The molecule has 1 aliphatic rings.